The van der Waals surface area contributed by atoms with E-state index in [4.69, 9.17) is 0 Å². The third kappa shape index (κ3) is 1.92. The Kier molecular flexibility index (Phi) is 3.11. The van der Waals surface area contributed by atoms with Gasteiger partial charge in [-0.1, -0.05) is 48.5 Å². The molecule has 0 aliphatic carbocycles. The van der Waals surface area contributed by atoms with Crippen molar-refractivity contribution in [3.63, 3.8) is 0 Å². The van der Waals surface area contributed by atoms with Crippen LogP contribution in [0.2, 0.25) is 0 Å². The Morgan fingerprint density at radius 1 is 0.950 bits per heavy atom. The lowest BCUT2D eigenvalue weighted by atomic mass is 9.79. The first-order valence-electron chi connectivity index (χ1n) is 6.63. The lowest BCUT2D eigenvalue weighted by Gasteiger charge is -2.46. The summed E-state index contributed by atoms with van der Waals surface area (Å²) < 4.78 is 0. The molecule has 0 N–H and O–H groups in total. The summed E-state index contributed by atoms with van der Waals surface area (Å²) in [7, 11) is 0. The van der Waals surface area contributed by atoms with Crippen molar-refractivity contribution in [2.75, 3.05) is 4.90 Å². The summed E-state index contributed by atoms with van der Waals surface area (Å²) in [6.45, 7) is 1.49. The van der Waals surface area contributed by atoms with Crippen LogP contribution < -0.4 is 4.90 Å². The molecule has 2 unspecified atom stereocenters. The van der Waals surface area contributed by atoms with Crippen molar-refractivity contribution in [3.8, 4) is 0 Å². The Hall–Kier alpha value is -2.42. The molecule has 1 saturated heterocycles. The van der Waals surface area contributed by atoms with Gasteiger partial charge in [0.15, 0.2) is 0 Å². The van der Waals surface area contributed by atoms with Crippen molar-refractivity contribution in [2.24, 2.45) is 5.92 Å². The first-order chi connectivity index (χ1) is 9.70. The first-order valence-corrected chi connectivity index (χ1v) is 6.63. The Labute approximate surface area is 117 Å². The fraction of sp³-hybridized carbons (Fsp3) is 0.176. The highest BCUT2D eigenvalue weighted by Crippen LogP contribution is 2.43. The maximum absolute atomic E-state index is 12.3. The molecule has 2 aromatic carbocycles. The zero-order valence-corrected chi connectivity index (χ0v) is 11.2. The van der Waals surface area contributed by atoms with Crippen LogP contribution in [0.5, 0.6) is 0 Å². The SMILES string of the molecule is CC(=O)C1C(=O)N(c2ccccc2)C1c1ccccc1. The zero-order chi connectivity index (χ0) is 14.1. The molecule has 100 valence electrons. The zero-order valence-electron chi connectivity index (χ0n) is 11.2. The van der Waals surface area contributed by atoms with Crippen molar-refractivity contribution in [2.45, 2.75) is 13.0 Å². The molecule has 1 amide bonds. The Morgan fingerprint density at radius 2 is 1.50 bits per heavy atom. The molecule has 0 radical (unpaired) electrons. The molecular weight excluding hydrogens is 250 g/mol. The highest BCUT2D eigenvalue weighted by Gasteiger charge is 2.51. The van der Waals surface area contributed by atoms with Gasteiger partial charge >= 0.3 is 0 Å². The van der Waals surface area contributed by atoms with Crippen molar-refractivity contribution in [1.29, 1.82) is 0 Å². The Balaban J connectivity index is 2.02. The topological polar surface area (TPSA) is 37.4 Å². The molecule has 3 rings (SSSR count). The van der Waals surface area contributed by atoms with E-state index in [0.717, 1.165) is 11.3 Å². The summed E-state index contributed by atoms with van der Waals surface area (Å²) in [5.74, 6) is -0.744. The molecule has 3 nitrogen and oxygen atoms in total. The maximum Gasteiger partial charge on any atom is 0.240 e. The summed E-state index contributed by atoms with van der Waals surface area (Å²) in [5, 5.41) is 0. The minimum absolute atomic E-state index is 0.0731. The lowest BCUT2D eigenvalue weighted by Crippen LogP contribution is -2.57. The van der Waals surface area contributed by atoms with Gasteiger partial charge in [-0.3, -0.25) is 9.59 Å². The van der Waals surface area contributed by atoms with Gasteiger partial charge in [0.1, 0.15) is 11.7 Å². The molecule has 2 atom stereocenters. The molecule has 2 aromatic rings. The van der Waals surface area contributed by atoms with Crippen LogP contribution in [0.15, 0.2) is 60.7 Å². The van der Waals surface area contributed by atoms with Crippen LogP contribution in [-0.4, -0.2) is 11.7 Å². The summed E-state index contributed by atoms with van der Waals surface area (Å²) in [4.78, 5) is 25.8. The molecule has 1 fully saturated rings. The molecule has 0 aromatic heterocycles. The number of rotatable bonds is 3. The van der Waals surface area contributed by atoms with E-state index < -0.39 is 5.92 Å². The van der Waals surface area contributed by atoms with Crippen molar-refractivity contribution >= 4 is 17.4 Å². The van der Waals surface area contributed by atoms with Crippen LogP contribution in [0.1, 0.15) is 18.5 Å². The van der Waals surface area contributed by atoms with Gasteiger partial charge in [-0.2, -0.15) is 0 Å². The molecule has 1 heterocycles. The molecular formula is C17H15NO2. The van der Waals surface area contributed by atoms with Gasteiger partial charge in [-0.15, -0.1) is 0 Å². The van der Waals surface area contributed by atoms with Crippen LogP contribution in [0.4, 0.5) is 5.69 Å². The van der Waals surface area contributed by atoms with Gasteiger partial charge in [-0.05, 0) is 24.6 Å². The molecule has 0 bridgehead atoms. The highest BCUT2D eigenvalue weighted by molar-refractivity contribution is 6.15. The van der Waals surface area contributed by atoms with Crippen LogP contribution in [0.25, 0.3) is 0 Å². The average molecular weight is 265 g/mol. The average Bonchev–Trinajstić information content (AvgIpc) is 2.46. The third-order valence-electron chi connectivity index (χ3n) is 3.71. The number of benzene rings is 2. The molecule has 20 heavy (non-hydrogen) atoms. The summed E-state index contributed by atoms with van der Waals surface area (Å²) in [6, 6.07) is 19.0. The maximum atomic E-state index is 12.3. The summed E-state index contributed by atoms with van der Waals surface area (Å²) in [5.41, 5.74) is 1.83. The van der Waals surface area contributed by atoms with Crippen molar-refractivity contribution in [3.05, 3.63) is 66.2 Å². The minimum Gasteiger partial charge on any atom is -0.303 e. The van der Waals surface area contributed by atoms with E-state index in [2.05, 4.69) is 0 Å². The summed E-state index contributed by atoms with van der Waals surface area (Å²) >= 11 is 0. The lowest BCUT2D eigenvalue weighted by molar-refractivity contribution is -0.138. The van der Waals surface area contributed by atoms with Crippen LogP contribution >= 0.6 is 0 Å². The monoisotopic (exact) mass is 265 g/mol. The Bertz CT molecular complexity index is 637. The van der Waals surface area contributed by atoms with E-state index in [1.807, 2.05) is 60.7 Å². The quantitative estimate of drug-likeness (QED) is 0.632. The van der Waals surface area contributed by atoms with E-state index >= 15 is 0 Å². The highest BCUT2D eigenvalue weighted by atomic mass is 16.2. The second-order valence-corrected chi connectivity index (χ2v) is 4.99. The van der Waals surface area contributed by atoms with Crippen LogP contribution in [0, 0.1) is 5.92 Å². The number of hydrogen-bond acceptors (Lipinski definition) is 2. The van der Waals surface area contributed by atoms with Gasteiger partial charge in [0.2, 0.25) is 5.91 Å². The van der Waals surface area contributed by atoms with Crippen LogP contribution in [-0.2, 0) is 9.59 Å². The second-order valence-electron chi connectivity index (χ2n) is 4.99. The number of β-lactam (4-membered cyclic amide) rings is 1. The van der Waals surface area contributed by atoms with Crippen molar-refractivity contribution in [1.82, 2.24) is 0 Å². The normalized spacial score (nSPS) is 21.4. The van der Waals surface area contributed by atoms with Gasteiger partial charge in [0.25, 0.3) is 0 Å². The van der Waals surface area contributed by atoms with E-state index in [0.29, 0.717) is 0 Å². The van der Waals surface area contributed by atoms with E-state index in [9.17, 15) is 9.59 Å². The van der Waals surface area contributed by atoms with Gasteiger partial charge in [-0.25, -0.2) is 0 Å². The minimum atomic E-state index is -0.558. The number of ketones is 1. The van der Waals surface area contributed by atoms with Gasteiger partial charge < -0.3 is 4.90 Å². The second kappa shape index (κ2) is 4.93. The molecule has 3 heteroatoms. The molecule has 0 saturated carbocycles. The van der Waals surface area contributed by atoms with Gasteiger partial charge in [0.05, 0.1) is 6.04 Å². The third-order valence-corrected chi connectivity index (χ3v) is 3.71. The van der Waals surface area contributed by atoms with Gasteiger partial charge in [0, 0.05) is 5.69 Å². The molecule has 1 aliphatic heterocycles. The van der Waals surface area contributed by atoms with E-state index in [-0.39, 0.29) is 17.7 Å². The van der Waals surface area contributed by atoms with Crippen LogP contribution in [0.3, 0.4) is 0 Å². The smallest absolute Gasteiger partial charge is 0.240 e. The fourth-order valence-electron chi connectivity index (χ4n) is 2.75. The number of para-hydroxylation sites is 1. The fourth-order valence-corrected chi connectivity index (χ4v) is 2.75. The number of Topliss-reactive ketones (excluding diaryl/α,β-unsaturated/α-hetero) is 1. The number of anilines is 1. The first kappa shape index (κ1) is 12.6. The largest absolute Gasteiger partial charge is 0.303 e. The standard InChI is InChI=1S/C17H15NO2/c1-12(19)15-16(13-8-4-2-5-9-13)18(17(15)20)14-10-6-3-7-11-14/h2-11,15-16H,1H3. The molecule has 0 spiro atoms. The predicted octanol–water partition coefficient (Wildman–Crippen LogP) is 2.98. The Morgan fingerprint density at radius 3 is 2.05 bits per heavy atom. The number of nitrogens with zero attached hydrogens (tertiary/aromatic N) is 1. The molecule has 1 aliphatic rings. The predicted molar refractivity (Wildman–Crippen MR) is 77.3 cm³/mol. The number of hydrogen-bond donors (Lipinski definition) is 0. The number of carbonyl (C=O) groups excluding carboxylic acids is 2. The van der Waals surface area contributed by atoms with Crippen molar-refractivity contribution < 1.29 is 9.59 Å². The van der Waals surface area contributed by atoms with E-state index in [1.54, 1.807) is 4.90 Å². The van der Waals surface area contributed by atoms with E-state index in [1.165, 1.54) is 6.92 Å². The number of carbonyl (C=O) groups is 2. The summed E-state index contributed by atoms with van der Waals surface area (Å²) in [6.07, 6.45) is 0. The number of amides is 1.